The Balaban J connectivity index is 1.61. The van der Waals surface area contributed by atoms with E-state index in [1.165, 1.54) is 31.2 Å². The Morgan fingerprint density at radius 1 is 0.929 bits per heavy atom. The molecular weight excluding hydrogens is 559 g/mol. The molecule has 3 N–H and O–H groups in total. The smallest absolute Gasteiger partial charge is 0.254 e. The Bertz CT molecular complexity index is 1500. The lowest BCUT2D eigenvalue weighted by atomic mass is 10.0. The number of carbonyl (C=O) groups is 3. The van der Waals surface area contributed by atoms with Crippen molar-refractivity contribution >= 4 is 27.6 Å². The van der Waals surface area contributed by atoms with Gasteiger partial charge >= 0.3 is 0 Å². The van der Waals surface area contributed by atoms with Gasteiger partial charge < -0.3 is 16.0 Å². The SMILES string of the molecule is C[C@H]1NC(=O)c2cc(ccc2F)CCCNC(=O)CN(CCS(=O)(=O)c2ccccc2)C[C@H](c2ccccc2)NC1=O. The zero-order chi connectivity index (χ0) is 30.1. The largest absolute Gasteiger partial charge is 0.355 e. The van der Waals surface area contributed by atoms with Gasteiger partial charge in [-0.05, 0) is 55.2 Å². The summed E-state index contributed by atoms with van der Waals surface area (Å²) in [6.07, 6.45) is 1.04. The summed E-state index contributed by atoms with van der Waals surface area (Å²) in [6.45, 7) is 1.92. The van der Waals surface area contributed by atoms with Crippen LogP contribution in [0, 0.1) is 5.82 Å². The monoisotopic (exact) mass is 594 g/mol. The highest BCUT2D eigenvalue weighted by molar-refractivity contribution is 7.91. The van der Waals surface area contributed by atoms with Crippen LogP contribution in [0.3, 0.4) is 0 Å². The highest BCUT2D eigenvalue weighted by atomic mass is 32.2. The van der Waals surface area contributed by atoms with E-state index in [0.717, 1.165) is 5.56 Å². The number of nitrogens with zero attached hydrogens (tertiary/aromatic N) is 1. The molecule has 0 spiro atoms. The Kier molecular flexibility index (Phi) is 10.4. The first kappa shape index (κ1) is 30.9. The molecule has 222 valence electrons. The van der Waals surface area contributed by atoms with Gasteiger partial charge in [0.15, 0.2) is 9.84 Å². The summed E-state index contributed by atoms with van der Waals surface area (Å²) in [5.41, 5.74) is 1.29. The number of benzene rings is 3. The van der Waals surface area contributed by atoms with E-state index in [0.29, 0.717) is 24.9 Å². The molecule has 0 radical (unpaired) electrons. The van der Waals surface area contributed by atoms with Crippen molar-refractivity contribution in [3.63, 3.8) is 0 Å². The Labute approximate surface area is 245 Å². The van der Waals surface area contributed by atoms with E-state index in [4.69, 9.17) is 0 Å². The zero-order valence-electron chi connectivity index (χ0n) is 23.4. The van der Waals surface area contributed by atoms with Crippen LogP contribution < -0.4 is 16.0 Å². The third-order valence-corrected chi connectivity index (χ3v) is 8.80. The van der Waals surface area contributed by atoms with Gasteiger partial charge in [0, 0.05) is 19.6 Å². The molecule has 3 aromatic rings. The molecule has 3 aromatic carbocycles. The third kappa shape index (κ3) is 8.46. The zero-order valence-corrected chi connectivity index (χ0v) is 24.2. The van der Waals surface area contributed by atoms with Crippen LogP contribution in [0.4, 0.5) is 4.39 Å². The van der Waals surface area contributed by atoms with Gasteiger partial charge in [-0.15, -0.1) is 0 Å². The van der Waals surface area contributed by atoms with Crippen LogP contribution in [0.15, 0.2) is 83.8 Å². The number of nitrogens with one attached hydrogen (secondary N) is 3. The first-order valence-electron chi connectivity index (χ1n) is 13.8. The van der Waals surface area contributed by atoms with E-state index >= 15 is 0 Å². The van der Waals surface area contributed by atoms with Crippen molar-refractivity contribution in [2.75, 3.05) is 31.9 Å². The van der Waals surface area contributed by atoms with E-state index in [1.807, 2.05) is 30.3 Å². The summed E-state index contributed by atoms with van der Waals surface area (Å²) in [4.78, 5) is 41.0. The maximum atomic E-state index is 14.5. The molecule has 0 aromatic heterocycles. The number of carbonyl (C=O) groups excluding carboxylic acids is 3. The van der Waals surface area contributed by atoms with Gasteiger partial charge in [0.2, 0.25) is 11.8 Å². The number of amides is 3. The van der Waals surface area contributed by atoms with E-state index in [-0.39, 0.29) is 41.8 Å². The van der Waals surface area contributed by atoms with Gasteiger partial charge in [0.1, 0.15) is 11.9 Å². The number of hydrogen-bond acceptors (Lipinski definition) is 6. The summed E-state index contributed by atoms with van der Waals surface area (Å²) in [5, 5.41) is 8.36. The molecule has 9 nitrogen and oxygen atoms in total. The van der Waals surface area contributed by atoms with Crippen molar-refractivity contribution in [2.45, 2.75) is 36.7 Å². The standard InChI is InChI=1S/C31H35FN4O5S/c1-22-30(38)35-28(24-10-4-2-5-11-24)20-36(17-18-42(40,41)25-12-6-3-7-13-25)21-29(37)33-16-8-9-23-14-15-27(32)26(19-23)31(39)34-22/h2-7,10-15,19,22,28H,8-9,16-18,20-21H2,1H3,(H,33,37)(H,34,39)(H,35,38)/t22-,28-/m1/s1. The van der Waals surface area contributed by atoms with Crippen molar-refractivity contribution in [3.05, 3.63) is 101 Å². The second-order valence-electron chi connectivity index (χ2n) is 10.3. The second kappa shape index (κ2) is 14.2. The van der Waals surface area contributed by atoms with Crippen molar-refractivity contribution in [2.24, 2.45) is 0 Å². The minimum Gasteiger partial charge on any atom is -0.355 e. The van der Waals surface area contributed by atoms with E-state index < -0.39 is 39.6 Å². The molecule has 11 heteroatoms. The van der Waals surface area contributed by atoms with Crippen molar-refractivity contribution in [1.82, 2.24) is 20.9 Å². The topological polar surface area (TPSA) is 125 Å². The summed E-state index contributed by atoms with van der Waals surface area (Å²) >= 11 is 0. The van der Waals surface area contributed by atoms with E-state index in [1.54, 1.807) is 29.2 Å². The van der Waals surface area contributed by atoms with Crippen LogP contribution in [0.1, 0.15) is 40.9 Å². The van der Waals surface area contributed by atoms with E-state index in [9.17, 15) is 27.2 Å². The Hall–Kier alpha value is -4.09. The molecule has 0 saturated heterocycles. The summed E-state index contributed by atoms with van der Waals surface area (Å²) < 4.78 is 40.6. The number of hydrogen-bond donors (Lipinski definition) is 3. The van der Waals surface area contributed by atoms with Gasteiger partial charge in [0.05, 0.1) is 28.8 Å². The first-order valence-corrected chi connectivity index (χ1v) is 15.5. The van der Waals surface area contributed by atoms with Crippen molar-refractivity contribution in [3.8, 4) is 0 Å². The van der Waals surface area contributed by atoms with Crippen LogP contribution in [-0.4, -0.2) is 69.0 Å². The average molecular weight is 595 g/mol. The van der Waals surface area contributed by atoms with Gasteiger partial charge in [-0.25, -0.2) is 12.8 Å². The summed E-state index contributed by atoms with van der Waals surface area (Å²) in [5.74, 6) is -2.44. The lowest BCUT2D eigenvalue weighted by Crippen LogP contribution is -2.49. The highest BCUT2D eigenvalue weighted by Crippen LogP contribution is 2.17. The maximum Gasteiger partial charge on any atom is 0.254 e. The lowest BCUT2D eigenvalue weighted by Gasteiger charge is -2.29. The first-order chi connectivity index (χ1) is 20.1. The predicted molar refractivity (Wildman–Crippen MR) is 157 cm³/mol. The van der Waals surface area contributed by atoms with Crippen LogP contribution in [0.2, 0.25) is 0 Å². The van der Waals surface area contributed by atoms with Gasteiger partial charge in [0.25, 0.3) is 5.91 Å². The van der Waals surface area contributed by atoms with Crippen LogP contribution in [0.25, 0.3) is 0 Å². The number of rotatable bonds is 5. The fourth-order valence-electron chi connectivity index (χ4n) is 4.73. The van der Waals surface area contributed by atoms with Crippen LogP contribution in [0.5, 0.6) is 0 Å². The van der Waals surface area contributed by atoms with Crippen molar-refractivity contribution < 1.29 is 27.2 Å². The third-order valence-electron chi connectivity index (χ3n) is 7.09. The van der Waals surface area contributed by atoms with Gasteiger partial charge in [-0.2, -0.15) is 0 Å². The number of aryl methyl sites for hydroxylation is 1. The normalized spacial score (nSPS) is 19.7. The molecule has 2 atom stereocenters. The number of halogens is 1. The fraction of sp³-hybridized carbons (Fsp3) is 0.323. The predicted octanol–water partition coefficient (Wildman–Crippen LogP) is 2.64. The van der Waals surface area contributed by atoms with E-state index in [2.05, 4.69) is 16.0 Å². The summed E-state index contributed by atoms with van der Waals surface area (Å²) in [6, 6.07) is 19.8. The Morgan fingerprint density at radius 2 is 1.62 bits per heavy atom. The molecule has 0 fully saturated rings. The molecule has 2 bridgehead atoms. The molecule has 3 amide bonds. The highest BCUT2D eigenvalue weighted by Gasteiger charge is 2.26. The Morgan fingerprint density at radius 3 is 2.33 bits per heavy atom. The molecule has 1 aliphatic rings. The molecule has 42 heavy (non-hydrogen) atoms. The molecule has 1 heterocycles. The second-order valence-corrected chi connectivity index (χ2v) is 12.4. The maximum absolute atomic E-state index is 14.5. The number of sulfone groups is 1. The average Bonchev–Trinajstić information content (AvgIpc) is 2.99. The van der Waals surface area contributed by atoms with Gasteiger partial charge in [-0.3, -0.25) is 19.3 Å². The molecule has 0 aliphatic carbocycles. The fourth-order valence-corrected chi connectivity index (χ4v) is 6.03. The molecular formula is C31H35FN4O5S. The van der Waals surface area contributed by atoms with Crippen LogP contribution in [-0.2, 0) is 25.8 Å². The summed E-state index contributed by atoms with van der Waals surface area (Å²) in [7, 11) is -3.63. The molecule has 4 rings (SSSR count). The van der Waals surface area contributed by atoms with Gasteiger partial charge in [-0.1, -0.05) is 54.6 Å². The minimum atomic E-state index is -3.63. The molecule has 0 saturated carbocycles. The molecule has 0 unspecified atom stereocenters. The number of fused-ring (bicyclic) bond motifs is 2. The minimum absolute atomic E-state index is 0.0429. The van der Waals surface area contributed by atoms with Crippen molar-refractivity contribution in [1.29, 1.82) is 0 Å². The molecule has 1 aliphatic heterocycles. The van der Waals surface area contributed by atoms with Crippen LogP contribution >= 0.6 is 0 Å². The lowest BCUT2D eigenvalue weighted by molar-refractivity contribution is -0.123. The quantitative estimate of drug-likeness (QED) is 0.417.